The van der Waals surface area contributed by atoms with Crippen molar-refractivity contribution in [1.29, 1.82) is 0 Å². The summed E-state index contributed by atoms with van der Waals surface area (Å²) >= 11 is 5.94. The Labute approximate surface area is 160 Å². The van der Waals surface area contributed by atoms with Crippen LogP contribution >= 0.6 is 11.6 Å². The van der Waals surface area contributed by atoms with Crippen LogP contribution in [0.4, 0.5) is 0 Å². The molecule has 134 valence electrons. The number of fused-ring (bicyclic) bond motifs is 5. The zero-order valence-corrected chi connectivity index (χ0v) is 14.9. The van der Waals surface area contributed by atoms with E-state index in [9.17, 15) is 14.4 Å². The van der Waals surface area contributed by atoms with Crippen molar-refractivity contribution in [3.8, 4) is 0 Å². The van der Waals surface area contributed by atoms with Gasteiger partial charge in [-0.25, -0.2) is 0 Å². The molecule has 0 spiro atoms. The third kappa shape index (κ3) is 2.32. The lowest BCUT2D eigenvalue weighted by Gasteiger charge is -2.29. The van der Waals surface area contributed by atoms with Gasteiger partial charge in [-0.2, -0.15) is 0 Å². The fourth-order valence-electron chi connectivity index (χ4n) is 4.76. The van der Waals surface area contributed by atoms with Gasteiger partial charge < -0.3 is 0 Å². The van der Waals surface area contributed by atoms with E-state index in [1.54, 1.807) is 24.3 Å². The Morgan fingerprint density at radius 2 is 1.67 bits per heavy atom. The second-order valence-electron chi connectivity index (χ2n) is 7.19. The molecular formula is C21H16ClN2O3+. The van der Waals surface area contributed by atoms with Gasteiger partial charge in [0.1, 0.15) is 17.9 Å². The van der Waals surface area contributed by atoms with Gasteiger partial charge in [0.05, 0.1) is 6.20 Å². The number of nitrogens with one attached hydrogen (secondary N) is 2. The highest BCUT2D eigenvalue weighted by atomic mass is 35.5. The molecule has 2 aromatic carbocycles. The molecule has 2 amide bonds. The summed E-state index contributed by atoms with van der Waals surface area (Å²) in [6.07, 6.45) is 3.89. The number of rotatable bonds is 2. The maximum absolute atomic E-state index is 13.3. The van der Waals surface area contributed by atoms with E-state index >= 15 is 0 Å². The van der Waals surface area contributed by atoms with Crippen LogP contribution in [0.3, 0.4) is 0 Å². The third-order valence-electron chi connectivity index (χ3n) is 5.87. The number of Topliss-reactive ketones (excluding diaryl/α,β-unsaturated/α-hetero) is 1. The second kappa shape index (κ2) is 5.87. The van der Waals surface area contributed by atoms with E-state index in [0.717, 1.165) is 16.0 Å². The highest BCUT2D eigenvalue weighted by Crippen LogP contribution is 2.41. The molecule has 1 unspecified atom stereocenters. The van der Waals surface area contributed by atoms with Crippen LogP contribution in [0.15, 0.2) is 54.7 Å². The monoisotopic (exact) mass is 379 g/mol. The predicted octanol–water partition coefficient (Wildman–Crippen LogP) is 1.40. The largest absolute Gasteiger partial charge is 0.295 e. The van der Waals surface area contributed by atoms with E-state index in [2.05, 4.69) is 5.32 Å². The van der Waals surface area contributed by atoms with E-state index in [-0.39, 0.29) is 23.6 Å². The number of ketones is 1. The normalized spacial score (nSPS) is 30.5. The van der Waals surface area contributed by atoms with Crippen LogP contribution in [0.5, 0.6) is 0 Å². The summed E-state index contributed by atoms with van der Waals surface area (Å²) in [4.78, 5) is 39.3. The van der Waals surface area contributed by atoms with Gasteiger partial charge in [0, 0.05) is 16.1 Å². The van der Waals surface area contributed by atoms with Crippen molar-refractivity contribution in [2.75, 3.05) is 0 Å². The minimum atomic E-state index is -0.670. The summed E-state index contributed by atoms with van der Waals surface area (Å²) in [5, 5.41) is 2.98. The number of amides is 2. The van der Waals surface area contributed by atoms with Crippen LogP contribution in [0, 0.1) is 11.8 Å². The summed E-state index contributed by atoms with van der Waals surface area (Å²) in [6.45, 7) is 0. The van der Waals surface area contributed by atoms with Crippen LogP contribution in [0.2, 0.25) is 5.02 Å². The van der Waals surface area contributed by atoms with E-state index in [1.165, 1.54) is 0 Å². The number of carbonyl (C=O) groups excluding carboxylic acids is 3. The number of quaternary nitrogens is 1. The van der Waals surface area contributed by atoms with Crippen molar-refractivity contribution < 1.29 is 19.3 Å². The van der Waals surface area contributed by atoms with Crippen LogP contribution in [0.25, 0.3) is 6.08 Å². The lowest BCUT2D eigenvalue weighted by Crippen LogP contribution is -3.12. The summed E-state index contributed by atoms with van der Waals surface area (Å²) < 4.78 is 0. The Morgan fingerprint density at radius 3 is 2.44 bits per heavy atom. The second-order valence-corrected chi connectivity index (χ2v) is 7.63. The molecule has 2 N–H and O–H groups in total. The highest BCUT2D eigenvalue weighted by Gasteiger charge is 2.65. The number of benzene rings is 2. The number of carbonyl (C=O) groups is 3. The summed E-state index contributed by atoms with van der Waals surface area (Å²) in [6, 6.07) is 13.6. The topological polar surface area (TPSA) is 67.7 Å². The van der Waals surface area contributed by atoms with Gasteiger partial charge in [0.2, 0.25) is 17.6 Å². The van der Waals surface area contributed by atoms with Crippen molar-refractivity contribution in [1.82, 2.24) is 5.32 Å². The molecule has 3 aliphatic rings. The molecule has 0 radical (unpaired) electrons. The predicted molar refractivity (Wildman–Crippen MR) is 98.9 cm³/mol. The Balaban J connectivity index is 1.64. The molecule has 0 aliphatic carbocycles. The van der Waals surface area contributed by atoms with Crippen LogP contribution in [0.1, 0.15) is 27.5 Å². The molecule has 2 fully saturated rings. The molecule has 3 heterocycles. The summed E-state index contributed by atoms with van der Waals surface area (Å²) in [5.74, 6) is -2.00. The highest BCUT2D eigenvalue weighted by molar-refractivity contribution is 6.30. The average Bonchev–Trinajstić information content (AvgIpc) is 3.17. The van der Waals surface area contributed by atoms with Gasteiger partial charge in [-0.3, -0.25) is 24.6 Å². The molecule has 6 heteroatoms. The van der Waals surface area contributed by atoms with Crippen LogP contribution < -0.4 is 10.2 Å². The molecule has 5 nitrogen and oxygen atoms in total. The summed E-state index contributed by atoms with van der Waals surface area (Å²) in [5.41, 5.74) is 2.52. The molecular weight excluding hydrogens is 364 g/mol. The lowest BCUT2D eigenvalue weighted by molar-refractivity contribution is -0.884. The zero-order chi connectivity index (χ0) is 18.7. The Morgan fingerprint density at radius 1 is 0.963 bits per heavy atom. The molecule has 2 saturated heterocycles. The van der Waals surface area contributed by atoms with Gasteiger partial charge in [0.25, 0.3) is 0 Å². The van der Waals surface area contributed by atoms with E-state index in [4.69, 9.17) is 11.6 Å². The first-order valence-corrected chi connectivity index (χ1v) is 9.22. The molecule has 0 saturated carbocycles. The molecule has 2 aromatic rings. The molecule has 5 rings (SSSR count). The van der Waals surface area contributed by atoms with Crippen molar-refractivity contribution in [2.24, 2.45) is 11.8 Å². The van der Waals surface area contributed by atoms with Gasteiger partial charge in [-0.05, 0) is 35.9 Å². The van der Waals surface area contributed by atoms with Crippen LogP contribution in [-0.2, 0) is 9.59 Å². The quantitative estimate of drug-likeness (QED) is 0.612. The first-order chi connectivity index (χ1) is 13.1. The van der Waals surface area contributed by atoms with Gasteiger partial charge in [-0.1, -0.05) is 35.9 Å². The van der Waals surface area contributed by atoms with Crippen molar-refractivity contribution in [3.63, 3.8) is 0 Å². The fourth-order valence-corrected chi connectivity index (χ4v) is 4.89. The Bertz CT molecular complexity index is 1010. The molecule has 5 atom stereocenters. The minimum absolute atomic E-state index is 0.145. The van der Waals surface area contributed by atoms with Crippen molar-refractivity contribution >= 4 is 35.3 Å². The van der Waals surface area contributed by atoms with Gasteiger partial charge in [-0.15, -0.1) is 0 Å². The molecule has 0 aromatic heterocycles. The lowest BCUT2D eigenvalue weighted by atomic mass is 9.83. The number of hydrogen-bond donors (Lipinski definition) is 2. The first kappa shape index (κ1) is 16.4. The Kier molecular flexibility index (Phi) is 3.57. The number of hydrogen-bond acceptors (Lipinski definition) is 3. The SMILES string of the molecule is O=C1NC(=O)[C@H]2[C@@H]1[C@H](C(=O)c1ccc(Cl)cc1)[NH+]1C=Cc3ccccc3[C@H]21. The smallest absolute Gasteiger partial charge is 0.237 e. The molecule has 3 aliphatic heterocycles. The number of imide groups is 1. The minimum Gasteiger partial charge on any atom is -0.295 e. The van der Waals surface area contributed by atoms with E-state index in [0.29, 0.717) is 10.6 Å². The maximum atomic E-state index is 13.3. The number of halogens is 1. The molecule has 0 bridgehead atoms. The standard InChI is InChI=1S/C21H15ClN2O3/c22-13-7-5-12(6-8-13)19(25)18-16-15(20(26)23-21(16)27)17-14-4-2-1-3-11(14)9-10-24(17)18/h1-10,15-18H,(H,23,26,27)/p+1/t15-,16+,17+,18+/m0/s1. The van der Waals surface area contributed by atoms with Crippen LogP contribution in [-0.4, -0.2) is 23.6 Å². The van der Waals surface area contributed by atoms with Gasteiger partial charge in [0.15, 0.2) is 6.04 Å². The van der Waals surface area contributed by atoms with E-state index in [1.807, 2.05) is 36.5 Å². The maximum Gasteiger partial charge on any atom is 0.237 e. The average molecular weight is 380 g/mol. The zero-order valence-electron chi connectivity index (χ0n) is 14.2. The molecule has 27 heavy (non-hydrogen) atoms. The Hall–Kier alpha value is -2.76. The summed E-state index contributed by atoms with van der Waals surface area (Å²) in [7, 11) is 0. The van der Waals surface area contributed by atoms with Crippen molar-refractivity contribution in [2.45, 2.75) is 12.1 Å². The van der Waals surface area contributed by atoms with Gasteiger partial charge >= 0.3 is 0 Å². The third-order valence-corrected chi connectivity index (χ3v) is 6.12. The first-order valence-electron chi connectivity index (χ1n) is 8.84. The van der Waals surface area contributed by atoms with E-state index < -0.39 is 17.9 Å². The fraction of sp³-hybridized carbons (Fsp3) is 0.190. The van der Waals surface area contributed by atoms with Crippen molar-refractivity contribution in [3.05, 3.63) is 76.4 Å².